The van der Waals surface area contributed by atoms with Gasteiger partial charge in [-0.3, -0.25) is 10.1 Å². The normalized spacial score (nSPS) is 38.5. The quantitative estimate of drug-likeness (QED) is 0.839. The lowest BCUT2D eigenvalue weighted by molar-refractivity contribution is -0.134. The number of hydrogen-bond acceptors (Lipinski definition) is 2. The van der Waals surface area contributed by atoms with Crippen molar-refractivity contribution in [1.29, 1.82) is 0 Å². The Kier molecular flexibility index (Phi) is 5.34. The molecule has 1 aliphatic heterocycles. The molecule has 0 bridgehead atoms. The van der Waals surface area contributed by atoms with Crippen LogP contribution in [0, 0.1) is 23.7 Å². The average Bonchev–Trinajstić information content (AvgIpc) is 2.98. The number of nitrogens with zero attached hydrogens (tertiary/aromatic N) is 1. The van der Waals surface area contributed by atoms with Gasteiger partial charge in [-0.2, -0.15) is 0 Å². The third kappa shape index (κ3) is 2.99. The number of amides is 1. The van der Waals surface area contributed by atoms with Crippen LogP contribution in [0.2, 0.25) is 0 Å². The van der Waals surface area contributed by atoms with E-state index in [-0.39, 0.29) is 12.2 Å². The molecule has 3 nitrogen and oxygen atoms in total. The molecule has 0 aromatic heterocycles. The lowest BCUT2D eigenvalue weighted by Crippen LogP contribution is -2.48. The molecule has 1 heterocycles. The number of rotatable bonds is 5. The van der Waals surface area contributed by atoms with Gasteiger partial charge in [0, 0.05) is 6.04 Å². The zero-order chi connectivity index (χ0) is 15.7. The molecule has 1 amide bonds. The summed E-state index contributed by atoms with van der Waals surface area (Å²) in [6.07, 6.45) is 4.99. The predicted molar refractivity (Wildman–Crippen MR) is 87.8 cm³/mol. The Hall–Kier alpha value is -0.570. The van der Waals surface area contributed by atoms with Gasteiger partial charge in [-0.05, 0) is 36.5 Å². The Morgan fingerprint density at radius 3 is 2.38 bits per heavy atom. The first-order valence-electron chi connectivity index (χ1n) is 9.00. The molecular weight excluding hydrogens is 260 g/mol. The predicted octanol–water partition coefficient (Wildman–Crippen LogP) is 3.64. The minimum atomic E-state index is 0.0234. The highest BCUT2D eigenvalue weighted by molar-refractivity contribution is 5.85. The van der Waals surface area contributed by atoms with E-state index in [1.807, 2.05) is 0 Å². The second-order valence-corrected chi connectivity index (χ2v) is 7.64. The van der Waals surface area contributed by atoms with Crippen LogP contribution in [0.4, 0.5) is 0 Å². The molecule has 1 aliphatic carbocycles. The van der Waals surface area contributed by atoms with E-state index in [9.17, 15) is 4.79 Å². The van der Waals surface area contributed by atoms with Crippen LogP contribution in [0.25, 0.3) is 0 Å². The smallest absolute Gasteiger partial charge is 0.241 e. The second-order valence-electron chi connectivity index (χ2n) is 7.64. The van der Waals surface area contributed by atoms with Gasteiger partial charge in [-0.25, -0.2) is 0 Å². The van der Waals surface area contributed by atoms with Crippen molar-refractivity contribution in [1.82, 2.24) is 10.2 Å². The van der Waals surface area contributed by atoms with Gasteiger partial charge >= 0.3 is 0 Å². The summed E-state index contributed by atoms with van der Waals surface area (Å²) in [5.41, 5.74) is 0. The lowest BCUT2D eigenvalue weighted by atomic mass is 9.92. The number of carbonyl (C=O) groups excluding carboxylic acids is 1. The average molecular weight is 294 g/mol. The SMILES string of the molecule is CCC(C)C1NC(C(C)C)N(C2CCC(CC)C2C)C1=O. The molecule has 6 atom stereocenters. The van der Waals surface area contributed by atoms with E-state index in [4.69, 9.17) is 0 Å². The molecule has 1 N–H and O–H groups in total. The van der Waals surface area contributed by atoms with Crippen LogP contribution >= 0.6 is 0 Å². The zero-order valence-corrected chi connectivity index (χ0v) is 14.7. The van der Waals surface area contributed by atoms with Crippen LogP contribution in [-0.4, -0.2) is 29.1 Å². The summed E-state index contributed by atoms with van der Waals surface area (Å²) in [5.74, 6) is 2.67. The molecular formula is C18H34N2O. The number of carbonyl (C=O) groups is 1. The fraction of sp³-hybridized carbons (Fsp3) is 0.944. The monoisotopic (exact) mass is 294 g/mol. The fourth-order valence-corrected chi connectivity index (χ4v) is 4.35. The van der Waals surface area contributed by atoms with Gasteiger partial charge < -0.3 is 4.90 Å². The van der Waals surface area contributed by atoms with Crippen molar-refractivity contribution in [3.63, 3.8) is 0 Å². The van der Waals surface area contributed by atoms with Gasteiger partial charge in [0.1, 0.15) is 0 Å². The second kappa shape index (κ2) is 6.68. The summed E-state index contributed by atoms with van der Waals surface area (Å²) in [4.78, 5) is 15.2. The highest BCUT2D eigenvalue weighted by Crippen LogP contribution is 2.40. The summed E-state index contributed by atoms with van der Waals surface area (Å²) < 4.78 is 0. The maximum absolute atomic E-state index is 13.0. The third-order valence-electron chi connectivity index (χ3n) is 6.08. The van der Waals surface area contributed by atoms with E-state index in [1.165, 1.54) is 19.3 Å². The van der Waals surface area contributed by atoms with Crippen LogP contribution in [0.5, 0.6) is 0 Å². The first-order chi connectivity index (χ1) is 9.92. The Bertz CT molecular complexity index is 368. The largest absolute Gasteiger partial charge is 0.322 e. The van der Waals surface area contributed by atoms with Crippen LogP contribution < -0.4 is 5.32 Å². The minimum absolute atomic E-state index is 0.0234. The number of nitrogens with one attached hydrogen (secondary N) is 1. The van der Waals surface area contributed by atoms with Crippen molar-refractivity contribution in [3.8, 4) is 0 Å². The summed E-state index contributed by atoms with van der Waals surface area (Å²) in [6.45, 7) is 13.5. The first-order valence-corrected chi connectivity index (χ1v) is 9.00. The topological polar surface area (TPSA) is 32.3 Å². The van der Waals surface area contributed by atoms with E-state index in [0.29, 0.717) is 29.7 Å². The molecule has 122 valence electrons. The minimum Gasteiger partial charge on any atom is -0.322 e. The van der Waals surface area contributed by atoms with Gasteiger partial charge in [-0.1, -0.05) is 54.4 Å². The van der Waals surface area contributed by atoms with Gasteiger partial charge in [0.25, 0.3) is 0 Å². The van der Waals surface area contributed by atoms with Crippen LogP contribution in [0.3, 0.4) is 0 Å². The zero-order valence-electron chi connectivity index (χ0n) is 14.7. The molecule has 6 unspecified atom stereocenters. The third-order valence-corrected chi connectivity index (χ3v) is 6.08. The maximum atomic E-state index is 13.0. The van der Waals surface area contributed by atoms with Crippen molar-refractivity contribution in [3.05, 3.63) is 0 Å². The van der Waals surface area contributed by atoms with E-state index < -0.39 is 0 Å². The summed E-state index contributed by atoms with van der Waals surface area (Å²) >= 11 is 0. The van der Waals surface area contributed by atoms with Gasteiger partial charge in [0.05, 0.1) is 12.2 Å². The van der Waals surface area contributed by atoms with E-state index >= 15 is 0 Å². The lowest BCUT2D eigenvalue weighted by Gasteiger charge is -2.35. The first kappa shape index (κ1) is 16.8. The van der Waals surface area contributed by atoms with Crippen molar-refractivity contribution < 1.29 is 4.79 Å². The van der Waals surface area contributed by atoms with Gasteiger partial charge in [0.15, 0.2) is 0 Å². The molecule has 0 radical (unpaired) electrons. The van der Waals surface area contributed by atoms with E-state index in [1.54, 1.807) is 0 Å². The van der Waals surface area contributed by atoms with E-state index in [0.717, 1.165) is 12.3 Å². The van der Waals surface area contributed by atoms with Crippen molar-refractivity contribution in [2.24, 2.45) is 23.7 Å². The summed E-state index contributed by atoms with van der Waals surface area (Å²) in [6, 6.07) is 0.465. The van der Waals surface area contributed by atoms with Crippen LogP contribution in [-0.2, 0) is 4.79 Å². The maximum Gasteiger partial charge on any atom is 0.241 e. The molecule has 21 heavy (non-hydrogen) atoms. The molecule has 1 saturated carbocycles. The van der Waals surface area contributed by atoms with Gasteiger partial charge in [0.2, 0.25) is 5.91 Å². The standard InChI is InChI=1S/C18H34N2O/c1-7-12(5)16-18(21)20(17(19-16)11(3)4)15-10-9-14(8-2)13(15)6/h11-17,19H,7-10H2,1-6H3. The van der Waals surface area contributed by atoms with Crippen molar-refractivity contribution in [2.45, 2.75) is 85.5 Å². The highest BCUT2D eigenvalue weighted by atomic mass is 16.2. The summed E-state index contributed by atoms with van der Waals surface area (Å²) in [5, 5.41) is 3.65. The molecule has 3 heteroatoms. The van der Waals surface area contributed by atoms with E-state index in [2.05, 4.69) is 51.8 Å². The van der Waals surface area contributed by atoms with Crippen LogP contribution in [0.15, 0.2) is 0 Å². The van der Waals surface area contributed by atoms with Crippen molar-refractivity contribution >= 4 is 5.91 Å². The number of hydrogen-bond donors (Lipinski definition) is 1. The Labute approximate surface area is 130 Å². The molecule has 0 aromatic carbocycles. The molecule has 0 spiro atoms. The Balaban J connectivity index is 2.21. The molecule has 2 rings (SSSR count). The molecule has 1 saturated heterocycles. The van der Waals surface area contributed by atoms with Crippen LogP contribution in [0.1, 0.15) is 67.2 Å². The van der Waals surface area contributed by atoms with Gasteiger partial charge in [-0.15, -0.1) is 0 Å². The fourth-order valence-electron chi connectivity index (χ4n) is 4.35. The van der Waals surface area contributed by atoms with Crippen molar-refractivity contribution in [2.75, 3.05) is 0 Å². The Morgan fingerprint density at radius 2 is 1.90 bits per heavy atom. The molecule has 0 aromatic rings. The molecule has 2 aliphatic rings. The Morgan fingerprint density at radius 1 is 1.24 bits per heavy atom. The molecule has 2 fully saturated rings. The highest BCUT2D eigenvalue weighted by Gasteiger charge is 2.48. The summed E-state index contributed by atoms with van der Waals surface area (Å²) in [7, 11) is 0.